The lowest BCUT2D eigenvalue weighted by Crippen LogP contribution is -2.34. The van der Waals surface area contributed by atoms with Crippen LogP contribution >= 0.6 is 11.6 Å². The molecule has 104 valence electrons. The second-order valence-electron chi connectivity index (χ2n) is 6.48. The Labute approximate surface area is 121 Å². The van der Waals surface area contributed by atoms with E-state index in [1.54, 1.807) is 0 Å². The van der Waals surface area contributed by atoms with Gasteiger partial charge in [0.2, 0.25) is 0 Å². The molecule has 2 saturated carbocycles. The third kappa shape index (κ3) is 3.97. The Morgan fingerprint density at radius 1 is 1.11 bits per heavy atom. The second-order valence-corrected chi connectivity index (χ2v) is 6.92. The fourth-order valence-corrected chi connectivity index (χ4v) is 3.28. The molecule has 2 heteroatoms. The van der Waals surface area contributed by atoms with Crippen molar-refractivity contribution in [3.63, 3.8) is 0 Å². The third-order valence-corrected chi connectivity index (χ3v) is 4.86. The van der Waals surface area contributed by atoms with Gasteiger partial charge >= 0.3 is 0 Å². The Bertz CT molecular complexity index is 394. The highest BCUT2D eigenvalue weighted by molar-refractivity contribution is 6.30. The molecule has 3 rings (SSSR count). The molecule has 0 bridgehead atoms. The number of hydrogen-bond acceptors (Lipinski definition) is 1. The molecule has 2 aliphatic rings. The van der Waals surface area contributed by atoms with E-state index in [4.69, 9.17) is 11.6 Å². The van der Waals surface area contributed by atoms with E-state index in [1.165, 1.54) is 37.8 Å². The van der Waals surface area contributed by atoms with E-state index in [1.807, 2.05) is 12.1 Å². The summed E-state index contributed by atoms with van der Waals surface area (Å²) in [4.78, 5) is 0. The monoisotopic (exact) mass is 277 g/mol. The molecule has 2 fully saturated rings. The van der Waals surface area contributed by atoms with Crippen LogP contribution in [0.5, 0.6) is 0 Å². The van der Waals surface area contributed by atoms with Gasteiger partial charge in [-0.15, -0.1) is 0 Å². The quantitative estimate of drug-likeness (QED) is 0.784. The predicted molar refractivity (Wildman–Crippen MR) is 81.6 cm³/mol. The molecule has 1 nitrogen and oxygen atoms in total. The Morgan fingerprint density at radius 2 is 1.68 bits per heavy atom. The summed E-state index contributed by atoms with van der Waals surface area (Å²) in [5.74, 6) is 3.05. The molecule has 0 radical (unpaired) electrons. The van der Waals surface area contributed by atoms with Crippen LogP contribution in [0.3, 0.4) is 0 Å². The predicted octanol–water partition coefficient (Wildman–Crippen LogP) is 4.30. The van der Waals surface area contributed by atoms with Crippen molar-refractivity contribution in [3.8, 4) is 0 Å². The van der Waals surface area contributed by atoms with E-state index in [0.29, 0.717) is 6.04 Å². The SMILES string of the molecule is CC(Cc1ccc(Cl)cc1)NCC(C1CC1)C1CC1. The van der Waals surface area contributed by atoms with Crippen molar-refractivity contribution in [3.05, 3.63) is 34.9 Å². The van der Waals surface area contributed by atoms with Crippen LogP contribution in [0.1, 0.15) is 38.2 Å². The zero-order valence-electron chi connectivity index (χ0n) is 11.7. The molecule has 2 aliphatic carbocycles. The molecule has 0 aromatic heterocycles. The minimum Gasteiger partial charge on any atom is -0.314 e. The third-order valence-electron chi connectivity index (χ3n) is 4.61. The smallest absolute Gasteiger partial charge is 0.0406 e. The summed E-state index contributed by atoms with van der Waals surface area (Å²) in [5.41, 5.74) is 1.37. The largest absolute Gasteiger partial charge is 0.314 e. The summed E-state index contributed by atoms with van der Waals surface area (Å²) in [6.45, 7) is 3.52. The van der Waals surface area contributed by atoms with Gasteiger partial charge < -0.3 is 5.32 Å². The van der Waals surface area contributed by atoms with Gasteiger partial charge in [-0.05, 0) is 81.0 Å². The van der Waals surface area contributed by atoms with Gasteiger partial charge in [-0.25, -0.2) is 0 Å². The highest BCUT2D eigenvalue weighted by Crippen LogP contribution is 2.48. The zero-order chi connectivity index (χ0) is 13.2. The maximum absolute atomic E-state index is 5.92. The zero-order valence-corrected chi connectivity index (χ0v) is 12.5. The van der Waals surface area contributed by atoms with Crippen LogP contribution in [0, 0.1) is 17.8 Å². The van der Waals surface area contributed by atoms with Gasteiger partial charge in [0.05, 0.1) is 0 Å². The molecule has 0 saturated heterocycles. The number of rotatable bonds is 7. The minimum absolute atomic E-state index is 0.557. The normalized spacial score (nSPS) is 20.8. The van der Waals surface area contributed by atoms with Gasteiger partial charge in [0, 0.05) is 11.1 Å². The number of halogens is 1. The van der Waals surface area contributed by atoms with Gasteiger partial charge in [-0.2, -0.15) is 0 Å². The first-order valence-corrected chi connectivity index (χ1v) is 8.08. The van der Waals surface area contributed by atoms with Gasteiger partial charge in [0.25, 0.3) is 0 Å². The second kappa shape index (κ2) is 5.85. The van der Waals surface area contributed by atoms with E-state index < -0.39 is 0 Å². The summed E-state index contributed by atoms with van der Waals surface area (Å²) in [7, 11) is 0. The number of nitrogens with one attached hydrogen (secondary N) is 1. The Morgan fingerprint density at radius 3 is 2.21 bits per heavy atom. The fraction of sp³-hybridized carbons (Fsp3) is 0.647. The molecule has 1 unspecified atom stereocenters. The Balaban J connectivity index is 1.45. The molecule has 0 aliphatic heterocycles. The van der Waals surface area contributed by atoms with Crippen molar-refractivity contribution in [2.24, 2.45) is 17.8 Å². The van der Waals surface area contributed by atoms with E-state index >= 15 is 0 Å². The molecule has 1 N–H and O–H groups in total. The summed E-state index contributed by atoms with van der Waals surface area (Å²) in [6, 6.07) is 8.81. The topological polar surface area (TPSA) is 12.0 Å². The summed E-state index contributed by atoms with van der Waals surface area (Å²) in [6.07, 6.45) is 7.02. The average molecular weight is 278 g/mol. The van der Waals surface area contributed by atoms with Crippen LogP contribution in [0.25, 0.3) is 0 Å². The molecule has 1 aromatic carbocycles. The lowest BCUT2D eigenvalue weighted by atomic mass is 9.97. The van der Waals surface area contributed by atoms with Crippen molar-refractivity contribution in [1.29, 1.82) is 0 Å². The lowest BCUT2D eigenvalue weighted by Gasteiger charge is -2.20. The van der Waals surface area contributed by atoms with Gasteiger partial charge in [0.15, 0.2) is 0 Å². The first-order chi connectivity index (χ1) is 9.22. The van der Waals surface area contributed by atoms with Crippen LogP contribution in [0.4, 0.5) is 0 Å². The Hall–Kier alpha value is -0.530. The van der Waals surface area contributed by atoms with Crippen molar-refractivity contribution < 1.29 is 0 Å². The van der Waals surface area contributed by atoms with E-state index in [9.17, 15) is 0 Å². The van der Waals surface area contributed by atoms with Crippen LogP contribution in [0.2, 0.25) is 5.02 Å². The lowest BCUT2D eigenvalue weighted by molar-refractivity contribution is 0.359. The molecular formula is C17H24ClN. The van der Waals surface area contributed by atoms with Crippen LogP contribution in [-0.2, 0) is 6.42 Å². The molecule has 0 spiro atoms. The molecule has 1 aromatic rings. The van der Waals surface area contributed by atoms with Gasteiger partial charge in [-0.1, -0.05) is 23.7 Å². The summed E-state index contributed by atoms with van der Waals surface area (Å²) in [5, 5.41) is 4.58. The van der Waals surface area contributed by atoms with Crippen molar-refractivity contribution in [2.75, 3.05) is 6.54 Å². The highest BCUT2D eigenvalue weighted by Gasteiger charge is 2.40. The van der Waals surface area contributed by atoms with Crippen molar-refractivity contribution in [1.82, 2.24) is 5.32 Å². The average Bonchev–Trinajstić information content (AvgIpc) is 3.26. The first kappa shape index (κ1) is 13.5. The van der Waals surface area contributed by atoms with Gasteiger partial charge in [-0.3, -0.25) is 0 Å². The van der Waals surface area contributed by atoms with Gasteiger partial charge in [0.1, 0.15) is 0 Å². The molecule has 0 heterocycles. The van der Waals surface area contributed by atoms with Crippen LogP contribution < -0.4 is 5.32 Å². The summed E-state index contributed by atoms with van der Waals surface area (Å²) >= 11 is 5.92. The molecule has 0 amide bonds. The highest BCUT2D eigenvalue weighted by atomic mass is 35.5. The van der Waals surface area contributed by atoms with Crippen LogP contribution in [0.15, 0.2) is 24.3 Å². The molecular weight excluding hydrogens is 254 g/mol. The first-order valence-electron chi connectivity index (χ1n) is 7.70. The van der Waals surface area contributed by atoms with E-state index in [-0.39, 0.29) is 0 Å². The van der Waals surface area contributed by atoms with Crippen molar-refractivity contribution in [2.45, 2.75) is 45.1 Å². The number of benzene rings is 1. The van der Waals surface area contributed by atoms with E-state index in [0.717, 1.165) is 29.2 Å². The number of hydrogen-bond donors (Lipinski definition) is 1. The summed E-state index contributed by atoms with van der Waals surface area (Å²) < 4.78 is 0. The standard InChI is InChI=1S/C17H24ClN/c1-12(10-13-2-8-16(18)9-3-13)19-11-17(14-4-5-14)15-6-7-15/h2-3,8-9,12,14-15,17,19H,4-7,10-11H2,1H3. The maximum atomic E-state index is 5.92. The van der Waals surface area contributed by atoms with Crippen molar-refractivity contribution >= 4 is 11.6 Å². The Kier molecular flexibility index (Phi) is 4.14. The fourth-order valence-electron chi connectivity index (χ4n) is 3.15. The molecule has 19 heavy (non-hydrogen) atoms. The molecule has 1 atom stereocenters. The minimum atomic E-state index is 0.557. The van der Waals surface area contributed by atoms with Crippen LogP contribution in [-0.4, -0.2) is 12.6 Å². The maximum Gasteiger partial charge on any atom is 0.0406 e. The van der Waals surface area contributed by atoms with E-state index in [2.05, 4.69) is 24.4 Å².